The number of nitrogens with zero attached hydrogens (tertiary/aromatic N) is 1. The maximum atomic E-state index is 12.3. The second kappa shape index (κ2) is 7.65. The van der Waals surface area contributed by atoms with E-state index in [0.717, 1.165) is 0 Å². The molecule has 9 heteroatoms. The van der Waals surface area contributed by atoms with Crippen LogP contribution in [-0.2, 0) is 6.54 Å². The predicted octanol–water partition coefficient (Wildman–Crippen LogP) is 2.05. The van der Waals surface area contributed by atoms with Crippen LogP contribution in [0.1, 0.15) is 26.3 Å². The number of ether oxygens (including phenoxy) is 1. The molecule has 0 radical (unpaired) electrons. The van der Waals surface area contributed by atoms with Crippen molar-refractivity contribution >= 4 is 11.8 Å². The normalized spacial score (nSPS) is 11.0. The zero-order chi connectivity index (χ0) is 18.4. The van der Waals surface area contributed by atoms with Gasteiger partial charge in [0, 0.05) is 29.4 Å². The van der Waals surface area contributed by atoms with Gasteiger partial charge in [0.05, 0.1) is 0 Å². The number of primary amides is 1. The number of pyridine rings is 1. The molecule has 3 N–H and O–H groups in total. The van der Waals surface area contributed by atoms with Crippen LogP contribution in [0.4, 0.5) is 13.2 Å². The van der Waals surface area contributed by atoms with E-state index >= 15 is 0 Å². The van der Waals surface area contributed by atoms with Gasteiger partial charge in [-0.15, -0.1) is 0 Å². The number of hydrogen-bond acceptors (Lipinski definition) is 4. The highest BCUT2D eigenvalue weighted by molar-refractivity contribution is 5.99. The Morgan fingerprint density at radius 2 is 1.88 bits per heavy atom. The summed E-state index contributed by atoms with van der Waals surface area (Å²) in [5.74, 6) is -1.41. The van der Waals surface area contributed by atoms with Crippen molar-refractivity contribution in [3.05, 3.63) is 59.3 Å². The number of benzene rings is 1. The predicted molar refractivity (Wildman–Crippen MR) is 81.9 cm³/mol. The van der Waals surface area contributed by atoms with E-state index < -0.39 is 24.6 Å². The zero-order valence-electron chi connectivity index (χ0n) is 12.8. The van der Waals surface area contributed by atoms with Crippen LogP contribution in [0.25, 0.3) is 0 Å². The number of rotatable bonds is 6. The summed E-state index contributed by atoms with van der Waals surface area (Å²) in [6, 6.07) is 8.75. The summed E-state index contributed by atoms with van der Waals surface area (Å²) in [4.78, 5) is 27.0. The Morgan fingerprint density at radius 1 is 1.16 bits per heavy atom. The Morgan fingerprint density at radius 3 is 2.56 bits per heavy atom. The topological polar surface area (TPSA) is 94.3 Å². The lowest BCUT2D eigenvalue weighted by atomic mass is 10.1. The Hall–Kier alpha value is -3.10. The second-order valence-corrected chi connectivity index (χ2v) is 5.00. The third-order valence-electron chi connectivity index (χ3n) is 3.07. The van der Waals surface area contributed by atoms with Crippen molar-refractivity contribution in [2.45, 2.75) is 12.7 Å². The van der Waals surface area contributed by atoms with E-state index in [1.54, 1.807) is 0 Å². The van der Waals surface area contributed by atoms with Gasteiger partial charge in [-0.2, -0.15) is 13.2 Å². The van der Waals surface area contributed by atoms with Gasteiger partial charge >= 0.3 is 6.18 Å². The summed E-state index contributed by atoms with van der Waals surface area (Å²) in [6.45, 7) is -1.58. The smallest absolute Gasteiger partial charge is 0.422 e. The van der Waals surface area contributed by atoms with Crippen LogP contribution in [0, 0.1) is 0 Å². The molecular formula is C16H14F3N3O3. The summed E-state index contributed by atoms with van der Waals surface area (Å²) in [6.07, 6.45) is -3.21. The first kappa shape index (κ1) is 18.2. The summed E-state index contributed by atoms with van der Waals surface area (Å²) < 4.78 is 41.4. The molecule has 0 saturated carbocycles. The number of aromatic nitrogens is 1. The van der Waals surface area contributed by atoms with Gasteiger partial charge in [0.15, 0.2) is 6.61 Å². The quantitative estimate of drug-likeness (QED) is 0.831. The van der Waals surface area contributed by atoms with Crippen LogP contribution < -0.4 is 15.8 Å². The van der Waals surface area contributed by atoms with Crippen molar-refractivity contribution in [2.24, 2.45) is 5.73 Å². The number of halogens is 3. The van der Waals surface area contributed by atoms with Crippen molar-refractivity contribution in [1.82, 2.24) is 10.3 Å². The Kier molecular flexibility index (Phi) is 5.58. The highest BCUT2D eigenvalue weighted by Crippen LogP contribution is 2.20. The second-order valence-electron chi connectivity index (χ2n) is 5.00. The number of nitrogens with one attached hydrogen (secondary N) is 1. The molecule has 0 spiro atoms. The molecule has 6 nitrogen and oxygen atoms in total. The third-order valence-corrected chi connectivity index (χ3v) is 3.07. The largest absolute Gasteiger partial charge is 0.468 e. The van der Waals surface area contributed by atoms with E-state index in [2.05, 4.69) is 15.0 Å². The highest BCUT2D eigenvalue weighted by Gasteiger charge is 2.29. The van der Waals surface area contributed by atoms with Gasteiger partial charge in [-0.05, 0) is 24.3 Å². The molecule has 0 bridgehead atoms. The van der Waals surface area contributed by atoms with Gasteiger partial charge in [-0.3, -0.25) is 9.59 Å². The Balaban J connectivity index is 2.05. The van der Waals surface area contributed by atoms with Crippen LogP contribution in [0.15, 0.2) is 42.6 Å². The number of alkyl halides is 3. The molecule has 2 aromatic rings. The van der Waals surface area contributed by atoms with Crippen molar-refractivity contribution in [1.29, 1.82) is 0 Å². The van der Waals surface area contributed by atoms with Crippen molar-refractivity contribution in [2.75, 3.05) is 6.61 Å². The molecule has 1 aromatic heterocycles. The molecule has 25 heavy (non-hydrogen) atoms. The monoisotopic (exact) mass is 353 g/mol. The summed E-state index contributed by atoms with van der Waals surface area (Å²) >= 11 is 0. The number of nitrogens with two attached hydrogens (primary N) is 1. The van der Waals surface area contributed by atoms with Crippen molar-refractivity contribution in [3.63, 3.8) is 0 Å². The average molecular weight is 353 g/mol. The lowest BCUT2D eigenvalue weighted by Crippen LogP contribution is -2.25. The SMILES string of the molecule is NC(=O)c1cccc(C(=O)NCc2cccnc2OCC(F)(F)F)c1. The fourth-order valence-electron chi connectivity index (χ4n) is 1.93. The molecule has 1 aromatic carbocycles. The molecule has 0 saturated heterocycles. The summed E-state index contributed by atoms with van der Waals surface area (Å²) in [5, 5.41) is 2.53. The molecule has 0 atom stereocenters. The first-order valence-corrected chi connectivity index (χ1v) is 7.08. The minimum absolute atomic E-state index is 0.0966. The highest BCUT2D eigenvalue weighted by atomic mass is 19.4. The molecule has 0 fully saturated rings. The first-order chi connectivity index (χ1) is 11.8. The molecule has 2 rings (SSSR count). The molecule has 0 aliphatic heterocycles. The minimum atomic E-state index is -4.49. The van der Waals surface area contributed by atoms with Gasteiger partial charge < -0.3 is 15.8 Å². The third kappa shape index (κ3) is 5.48. The van der Waals surface area contributed by atoms with Gasteiger partial charge in [0.1, 0.15) is 0 Å². The van der Waals surface area contributed by atoms with Crippen molar-refractivity contribution in [3.8, 4) is 5.88 Å². The molecular weight excluding hydrogens is 339 g/mol. The lowest BCUT2D eigenvalue weighted by molar-refractivity contribution is -0.154. The summed E-state index contributed by atoms with van der Waals surface area (Å²) in [7, 11) is 0. The number of amides is 2. The minimum Gasteiger partial charge on any atom is -0.468 e. The van der Waals surface area contributed by atoms with Crippen LogP contribution in [-0.4, -0.2) is 29.6 Å². The van der Waals surface area contributed by atoms with Crippen molar-refractivity contribution < 1.29 is 27.5 Å². The first-order valence-electron chi connectivity index (χ1n) is 7.08. The van der Waals surface area contributed by atoms with Crippen LogP contribution >= 0.6 is 0 Å². The number of carbonyl (C=O) groups excluding carboxylic acids is 2. The van der Waals surface area contributed by atoms with E-state index in [4.69, 9.17) is 5.73 Å². The molecule has 1 heterocycles. The van der Waals surface area contributed by atoms with Gasteiger partial charge in [-0.25, -0.2) is 4.98 Å². The maximum absolute atomic E-state index is 12.3. The van der Waals surface area contributed by atoms with Gasteiger partial charge in [-0.1, -0.05) is 12.1 Å². The molecule has 0 aliphatic rings. The van der Waals surface area contributed by atoms with E-state index in [1.807, 2.05) is 0 Å². The molecule has 0 unspecified atom stereocenters. The Bertz CT molecular complexity index is 778. The number of hydrogen-bond donors (Lipinski definition) is 2. The van der Waals surface area contributed by atoms with Gasteiger partial charge in [0.2, 0.25) is 11.8 Å². The fourth-order valence-corrected chi connectivity index (χ4v) is 1.93. The summed E-state index contributed by atoms with van der Waals surface area (Å²) in [5.41, 5.74) is 5.79. The molecule has 132 valence electrons. The Labute approximate surface area is 140 Å². The van der Waals surface area contributed by atoms with Crippen LogP contribution in [0.3, 0.4) is 0 Å². The lowest BCUT2D eigenvalue weighted by Gasteiger charge is -2.12. The van der Waals surface area contributed by atoms with E-state index in [-0.39, 0.29) is 29.1 Å². The fraction of sp³-hybridized carbons (Fsp3) is 0.188. The van der Waals surface area contributed by atoms with E-state index in [9.17, 15) is 22.8 Å². The van der Waals surface area contributed by atoms with Crippen LogP contribution in [0.5, 0.6) is 5.88 Å². The molecule has 2 amide bonds. The van der Waals surface area contributed by atoms with E-state index in [1.165, 1.54) is 42.6 Å². The van der Waals surface area contributed by atoms with Gasteiger partial charge in [0.25, 0.3) is 5.91 Å². The maximum Gasteiger partial charge on any atom is 0.422 e. The average Bonchev–Trinajstić information content (AvgIpc) is 2.58. The number of carbonyl (C=O) groups is 2. The molecule has 0 aliphatic carbocycles. The van der Waals surface area contributed by atoms with E-state index in [0.29, 0.717) is 0 Å². The zero-order valence-corrected chi connectivity index (χ0v) is 12.8. The standard InChI is InChI=1S/C16H14F3N3O3/c17-16(18,19)9-25-15-12(5-2-6-21-15)8-22-14(24)11-4-1-3-10(7-11)13(20)23/h1-7H,8-9H2,(H2,20,23)(H,22,24). The van der Waals surface area contributed by atoms with Crippen LogP contribution in [0.2, 0.25) is 0 Å².